The Hall–Kier alpha value is -3.77. The Morgan fingerprint density at radius 2 is 1.66 bits per heavy atom. The number of hydrogen-bond acceptors (Lipinski definition) is 4. The molecule has 2 aromatic carbocycles. The van der Waals surface area contributed by atoms with E-state index in [1.54, 1.807) is 24.3 Å². The smallest absolute Gasteiger partial charge is 0.332 e. The summed E-state index contributed by atoms with van der Waals surface area (Å²) in [4.78, 5) is 35.7. The molecule has 3 aromatic rings. The van der Waals surface area contributed by atoms with Crippen LogP contribution in [0, 0.1) is 6.92 Å². The molecular formula is C26H25NO5. The third-order valence-corrected chi connectivity index (χ3v) is 5.03. The van der Waals surface area contributed by atoms with Gasteiger partial charge in [0.25, 0.3) is 0 Å². The molecule has 32 heavy (non-hydrogen) atoms. The van der Waals surface area contributed by atoms with Gasteiger partial charge in [-0.1, -0.05) is 66.2 Å². The number of rotatable bonds is 10. The zero-order valence-electron chi connectivity index (χ0n) is 18.0. The zero-order chi connectivity index (χ0) is 23.1. The van der Waals surface area contributed by atoms with E-state index in [1.807, 2.05) is 66.2 Å². The fraction of sp³-hybridized carbons (Fsp3) is 0.192. The Kier molecular flexibility index (Phi) is 7.52. The summed E-state index contributed by atoms with van der Waals surface area (Å²) in [5, 5.41) is 8.80. The summed E-state index contributed by atoms with van der Waals surface area (Å²) in [6.07, 6.45) is 4.70. The molecule has 0 bridgehead atoms. The van der Waals surface area contributed by atoms with Crippen molar-refractivity contribution in [1.82, 2.24) is 4.57 Å². The SMILES string of the molecule is Cc1ccc(C(=O)c2cccn2CC=Cc2ccc(C(=O)CO[C@H](C)C(=O)O)cc2)cc1. The minimum Gasteiger partial charge on any atom is -0.479 e. The van der Waals surface area contributed by atoms with Gasteiger partial charge in [0.1, 0.15) is 6.61 Å². The van der Waals surface area contributed by atoms with Gasteiger partial charge in [-0.2, -0.15) is 0 Å². The molecule has 0 aliphatic rings. The first-order valence-electron chi connectivity index (χ1n) is 10.3. The molecule has 0 amide bonds. The molecule has 0 unspecified atom stereocenters. The summed E-state index contributed by atoms with van der Waals surface area (Å²) in [5.74, 6) is -1.41. The molecular weight excluding hydrogens is 406 g/mol. The summed E-state index contributed by atoms with van der Waals surface area (Å²) in [7, 11) is 0. The molecule has 6 nitrogen and oxygen atoms in total. The number of aromatic nitrogens is 1. The Morgan fingerprint density at radius 3 is 2.31 bits per heavy atom. The Morgan fingerprint density at radius 1 is 1.00 bits per heavy atom. The Balaban J connectivity index is 1.59. The zero-order valence-corrected chi connectivity index (χ0v) is 18.0. The third-order valence-electron chi connectivity index (χ3n) is 5.03. The van der Waals surface area contributed by atoms with Crippen LogP contribution in [-0.4, -0.2) is 39.9 Å². The monoisotopic (exact) mass is 431 g/mol. The van der Waals surface area contributed by atoms with Gasteiger partial charge in [0.2, 0.25) is 5.78 Å². The van der Waals surface area contributed by atoms with Gasteiger partial charge in [0.05, 0.1) is 5.69 Å². The largest absolute Gasteiger partial charge is 0.479 e. The van der Waals surface area contributed by atoms with Crippen molar-refractivity contribution in [3.8, 4) is 0 Å². The van der Waals surface area contributed by atoms with Crippen LogP contribution in [-0.2, 0) is 16.1 Å². The fourth-order valence-electron chi connectivity index (χ4n) is 3.07. The van der Waals surface area contributed by atoms with E-state index in [0.29, 0.717) is 23.4 Å². The van der Waals surface area contributed by atoms with E-state index >= 15 is 0 Å². The molecule has 6 heteroatoms. The van der Waals surface area contributed by atoms with E-state index < -0.39 is 12.1 Å². The molecule has 0 aliphatic carbocycles. The molecule has 0 fully saturated rings. The van der Waals surface area contributed by atoms with Gasteiger partial charge in [-0.25, -0.2) is 4.79 Å². The number of benzene rings is 2. The van der Waals surface area contributed by atoms with Crippen molar-refractivity contribution in [1.29, 1.82) is 0 Å². The average Bonchev–Trinajstić information content (AvgIpc) is 3.26. The lowest BCUT2D eigenvalue weighted by Crippen LogP contribution is -2.23. The maximum absolute atomic E-state index is 12.8. The summed E-state index contributed by atoms with van der Waals surface area (Å²) in [5.41, 5.74) is 3.74. The van der Waals surface area contributed by atoms with E-state index in [9.17, 15) is 14.4 Å². The predicted molar refractivity (Wildman–Crippen MR) is 122 cm³/mol. The normalized spacial score (nSPS) is 12.1. The molecule has 1 atom stereocenters. The third kappa shape index (κ3) is 5.89. The van der Waals surface area contributed by atoms with Crippen molar-refractivity contribution in [2.24, 2.45) is 0 Å². The molecule has 0 saturated carbocycles. The fourth-order valence-corrected chi connectivity index (χ4v) is 3.07. The number of allylic oxidation sites excluding steroid dienone is 1. The van der Waals surface area contributed by atoms with E-state index in [1.165, 1.54) is 6.92 Å². The van der Waals surface area contributed by atoms with Gasteiger partial charge in [-0.05, 0) is 31.5 Å². The van der Waals surface area contributed by atoms with Crippen LogP contribution in [0.4, 0.5) is 0 Å². The van der Waals surface area contributed by atoms with Crippen LogP contribution in [0.2, 0.25) is 0 Å². The van der Waals surface area contributed by atoms with E-state index in [0.717, 1.165) is 11.1 Å². The first-order valence-corrected chi connectivity index (χ1v) is 10.3. The van der Waals surface area contributed by atoms with E-state index in [-0.39, 0.29) is 18.2 Å². The number of ether oxygens (including phenoxy) is 1. The van der Waals surface area contributed by atoms with Crippen LogP contribution in [0.3, 0.4) is 0 Å². The standard InChI is InChI=1S/C26H25NO5/c1-18-7-11-22(12-8-18)25(29)23-6-4-16-27(23)15-3-5-20-9-13-21(14-10-20)24(28)17-32-19(2)26(30)31/h3-14,16,19H,15,17H2,1-2H3,(H,30,31)/t19-/m1/s1. The summed E-state index contributed by atoms with van der Waals surface area (Å²) in [6, 6.07) is 18.1. The number of aryl methyl sites for hydroxylation is 1. The maximum atomic E-state index is 12.8. The van der Waals surface area contributed by atoms with Crippen molar-refractivity contribution < 1.29 is 24.2 Å². The number of aliphatic carboxylic acids is 1. The van der Waals surface area contributed by atoms with Gasteiger partial charge < -0.3 is 14.4 Å². The van der Waals surface area contributed by atoms with Crippen molar-refractivity contribution in [3.63, 3.8) is 0 Å². The molecule has 1 aromatic heterocycles. The van der Waals surface area contributed by atoms with E-state index in [4.69, 9.17) is 9.84 Å². The molecule has 0 saturated heterocycles. The maximum Gasteiger partial charge on any atom is 0.332 e. The lowest BCUT2D eigenvalue weighted by molar-refractivity contribution is -0.148. The summed E-state index contributed by atoms with van der Waals surface area (Å²) < 4.78 is 6.92. The summed E-state index contributed by atoms with van der Waals surface area (Å²) in [6.45, 7) is 3.61. The number of carbonyl (C=O) groups is 3. The van der Waals surface area contributed by atoms with Crippen molar-refractivity contribution >= 4 is 23.6 Å². The minimum absolute atomic E-state index is 0.0225. The van der Waals surface area contributed by atoms with Gasteiger partial charge in [-0.3, -0.25) is 9.59 Å². The number of ketones is 2. The van der Waals surface area contributed by atoms with Crippen molar-refractivity contribution in [2.45, 2.75) is 26.5 Å². The number of Topliss-reactive ketones (excluding diaryl/α,β-unsaturated/α-hetero) is 1. The highest BCUT2D eigenvalue weighted by Crippen LogP contribution is 2.13. The Bertz CT molecular complexity index is 1120. The number of nitrogens with zero attached hydrogens (tertiary/aromatic N) is 1. The van der Waals surface area contributed by atoms with Crippen LogP contribution in [0.15, 0.2) is 72.9 Å². The van der Waals surface area contributed by atoms with Crippen molar-refractivity contribution in [2.75, 3.05) is 6.61 Å². The van der Waals surface area contributed by atoms with Crippen LogP contribution >= 0.6 is 0 Å². The second-order valence-corrected chi connectivity index (χ2v) is 7.48. The molecule has 0 aliphatic heterocycles. The van der Waals surface area contributed by atoms with Gasteiger partial charge >= 0.3 is 5.97 Å². The second-order valence-electron chi connectivity index (χ2n) is 7.48. The van der Waals surface area contributed by atoms with Gasteiger partial charge in [0.15, 0.2) is 11.9 Å². The molecule has 164 valence electrons. The molecule has 1 N–H and O–H groups in total. The summed E-state index contributed by atoms with van der Waals surface area (Å²) >= 11 is 0. The molecule has 3 rings (SSSR count). The topological polar surface area (TPSA) is 85.6 Å². The van der Waals surface area contributed by atoms with Crippen LogP contribution < -0.4 is 0 Å². The average molecular weight is 431 g/mol. The van der Waals surface area contributed by atoms with Crippen LogP contribution in [0.5, 0.6) is 0 Å². The molecule has 0 radical (unpaired) electrons. The number of carbonyl (C=O) groups excluding carboxylic acids is 2. The van der Waals surface area contributed by atoms with Gasteiger partial charge in [-0.15, -0.1) is 0 Å². The van der Waals surface area contributed by atoms with Gasteiger partial charge in [0, 0.05) is 23.9 Å². The Labute approximate surface area is 186 Å². The molecule has 1 heterocycles. The first-order chi connectivity index (χ1) is 15.3. The quantitative estimate of drug-likeness (QED) is 0.481. The highest BCUT2D eigenvalue weighted by atomic mass is 16.5. The van der Waals surface area contributed by atoms with Crippen LogP contribution in [0.1, 0.15) is 44.5 Å². The number of hydrogen-bond donors (Lipinski definition) is 1. The highest BCUT2D eigenvalue weighted by Gasteiger charge is 2.14. The van der Waals surface area contributed by atoms with Crippen molar-refractivity contribution in [3.05, 3.63) is 101 Å². The number of carboxylic acids is 1. The molecule has 0 spiro atoms. The lowest BCUT2D eigenvalue weighted by atomic mass is 10.1. The minimum atomic E-state index is -1.11. The lowest BCUT2D eigenvalue weighted by Gasteiger charge is -2.08. The predicted octanol–water partition coefficient (Wildman–Crippen LogP) is 4.41. The number of carboxylic acid groups (broad SMARTS) is 1. The second kappa shape index (κ2) is 10.5. The highest BCUT2D eigenvalue weighted by molar-refractivity contribution is 6.08. The van der Waals surface area contributed by atoms with Crippen LogP contribution in [0.25, 0.3) is 6.08 Å². The van der Waals surface area contributed by atoms with E-state index in [2.05, 4.69) is 0 Å². The first kappa shape index (κ1) is 22.9.